The summed E-state index contributed by atoms with van der Waals surface area (Å²) in [6.45, 7) is 2.18. The Labute approximate surface area is 218 Å². The van der Waals surface area contributed by atoms with Gasteiger partial charge in [-0.3, -0.25) is 14.0 Å². The number of imidazole rings is 1. The number of hydrogen-bond acceptors (Lipinski definition) is 6. The van der Waals surface area contributed by atoms with Crippen molar-refractivity contribution in [1.29, 1.82) is 0 Å². The maximum atomic E-state index is 14.5. The monoisotopic (exact) mass is 513 g/mol. The first kappa shape index (κ1) is 24.8. The van der Waals surface area contributed by atoms with Crippen molar-refractivity contribution in [2.75, 3.05) is 13.7 Å². The third-order valence-corrected chi connectivity index (χ3v) is 6.36. The molecular weight excluding hydrogens is 489 g/mol. The maximum Gasteiger partial charge on any atom is 0.299 e. The third kappa shape index (κ3) is 4.39. The molecule has 1 atom stereocenters. The minimum Gasteiger partial charge on any atom is -0.494 e. The predicted octanol–water partition coefficient (Wildman–Crippen LogP) is 4.12. The van der Waals surface area contributed by atoms with Crippen molar-refractivity contribution in [3.63, 3.8) is 0 Å². The smallest absolute Gasteiger partial charge is 0.299 e. The molecule has 9 nitrogen and oxygen atoms in total. The van der Waals surface area contributed by atoms with Crippen LogP contribution in [0.3, 0.4) is 0 Å². The zero-order valence-electron chi connectivity index (χ0n) is 20.8. The van der Waals surface area contributed by atoms with Crippen molar-refractivity contribution in [3.05, 3.63) is 72.2 Å². The lowest BCUT2D eigenvalue weighted by molar-refractivity contribution is -0.126. The van der Waals surface area contributed by atoms with E-state index in [1.54, 1.807) is 52.8 Å². The van der Waals surface area contributed by atoms with E-state index in [1.165, 1.54) is 25.4 Å². The van der Waals surface area contributed by atoms with Crippen LogP contribution in [0.15, 0.2) is 54.9 Å². The molecule has 2 amide bonds. The molecule has 192 valence electrons. The number of aromatic nitrogens is 3. The molecule has 3 heterocycles. The van der Waals surface area contributed by atoms with Crippen molar-refractivity contribution in [3.8, 4) is 40.3 Å². The number of amides is 2. The van der Waals surface area contributed by atoms with Gasteiger partial charge in [0.1, 0.15) is 17.1 Å². The molecule has 1 saturated heterocycles. The van der Waals surface area contributed by atoms with Gasteiger partial charge in [0.25, 0.3) is 11.8 Å². The average molecular weight is 514 g/mol. The Morgan fingerprint density at radius 1 is 1.16 bits per heavy atom. The second kappa shape index (κ2) is 10.2. The number of rotatable bonds is 6. The second-order valence-corrected chi connectivity index (χ2v) is 8.61. The Morgan fingerprint density at radius 2 is 1.92 bits per heavy atom. The number of fused-ring (bicyclic) bond motifs is 1. The van der Waals surface area contributed by atoms with Crippen molar-refractivity contribution < 1.29 is 23.5 Å². The van der Waals surface area contributed by atoms with Gasteiger partial charge in [-0.1, -0.05) is 12.0 Å². The first-order valence-corrected chi connectivity index (χ1v) is 11.9. The summed E-state index contributed by atoms with van der Waals surface area (Å²) in [5.74, 6) is 4.76. The highest BCUT2D eigenvalue weighted by Crippen LogP contribution is 2.37. The van der Waals surface area contributed by atoms with Gasteiger partial charge in [-0.2, -0.15) is 4.39 Å². The molecular formula is C28H24FN5O4. The number of nitrogens with zero attached hydrogens (tertiary/aromatic N) is 4. The van der Waals surface area contributed by atoms with Crippen LogP contribution < -0.4 is 15.2 Å². The van der Waals surface area contributed by atoms with Gasteiger partial charge in [-0.05, 0) is 62.1 Å². The highest BCUT2D eigenvalue weighted by Gasteiger charge is 2.34. The van der Waals surface area contributed by atoms with Gasteiger partial charge in [0.2, 0.25) is 5.82 Å². The maximum absolute atomic E-state index is 14.5. The molecule has 2 aromatic carbocycles. The molecule has 4 aromatic rings. The van der Waals surface area contributed by atoms with E-state index in [0.29, 0.717) is 41.3 Å². The molecule has 2 N–H and O–H groups in total. The number of nitrogens with two attached hydrogens (primary N) is 1. The Kier molecular flexibility index (Phi) is 6.66. The molecule has 0 unspecified atom stereocenters. The van der Waals surface area contributed by atoms with E-state index in [0.717, 1.165) is 6.42 Å². The highest BCUT2D eigenvalue weighted by atomic mass is 19.1. The number of benzene rings is 2. The first-order valence-electron chi connectivity index (χ1n) is 11.9. The fourth-order valence-corrected chi connectivity index (χ4v) is 4.67. The Bertz CT molecular complexity index is 1600. The summed E-state index contributed by atoms with van der Waals surface area (Å²) in [5, 5.41) is 0. The second-order valence-electron chi connectivity index (χ2n) is 8.61. The number of carbonyl (C=O) groups excluding carboxylic acids is 2. The van der Waals surface area contributed by atoms with E-state index in [-0.39, 0.29) is 29.1 Å². The highest BCUT2D eigenvalue weighted by molar-refractivity contribution is 6.01. The molecule has 38 heavy (non-hydrogen) atoms. The number of halogens is 1. The van der Waals surface area contributed by atoms with E-state index in [9.17, 15) is 14.0 Å². The minimum absolute atomic E-state index is 0.0215. The molecule has 10 heteroatoms. The number of methoxy groups -OCH3 is 1. The summed E-state index contributed by atoms with van der Waals surface area (Å²) in [7, 11) is 1.38. The first-order chi connectivity index (χ1) is 18.4. The number of likely N-dealkylation sites (tertiary alicyclic amines) is 1. The van der Waals surface area contributed by atoms with Crippen LogP contribution in [0.25, 0.3) is 16.8 Å². The van der Waals surface area contributed by atoms with E-state index >= 15 is 0 Å². The van der Waals surface area contributed by atoms with Crippen LogP contribution >= 0.6 is 0 Å². The zero-order valence-corrected chi connectivity index (χ0v) is 20.8. The quantitative estimate of drug-likeness (QED) is 0.388. The molecule has 0 saturated carbocycles. The molecule has 5 rings (SSSR count). The fourth-order valence-electron chi connectivity index (χ4n) is 4.67. The van der Waals surface area contributed by atoms with Crippen LogP contribution in [0.2, 0.25) is 0 Å². The van der Waals surface area contributed by atoms with E-state index in [1.807, 2.05) is 0 Å². The van der Waals surface area contributed by atoms with Gasteiger partial charge in [-0.25, -0.2) is 9.97 Å². The third-order valence-electron chi connectivity index (χ3n) is 6.36. The summed E-state index contributed by atoms with van der Waals surface area (Å²) >= 11 is 0. The fraction of sp³-hybridized carbons (Fsp3) is 0.214. The molecule has 2 aromatic heterocycles. The molecule has 1 fully saturated rings. The molecule has 0 aliphatic carbocycles. The number of carbonyl (C=O) groups is 2. The lowest BCUT2D eigenvalue weighted by Crippen LogP contribution is -2.30. The van der Waals surface area contributed by atoms with E-state index in [2.05, 4.69) is 16.8 Å². The Balaban J connectivity index is 1.57. The van der Waals surface area contributed by atoms with Crippen LogP contribution in [-0.2, 0) is 4.79 Å². The lowest BCUT2D eigenvalue weighted by atomic mass is 10.1. The summed E-state index contributed by atoms with van der Waals surface area (Å²) in [5.41, 5.74) is 7.29. The van der Waals surface area contributed by atoms with Crippen molar-refractivity contribution >= 4 is 17.3 Å². The molecule has 0 spiro atoms. The van der Waals surface area contributed by atoms with Gasteiger partial charge in [0.05, 0.1) is 18.8 Å². The van der Waals surface area contributed by atoms with E-state index < -0.39 is 11.7 Å². The van der Waals surface area contributed by atoms with Gasteiger partial charge in [0.15, 0.2) is 17.2 Å². The summed E-state index contributed by atoms with van der Waals surface area (Å²) in [4.78, 5) is 35.7. The zero-order chi connectivity index (χ0) is 26.8. The van der Waals surface area contributed by atoms with Crippen molar-refractivity contribution in [2.24, 2.45) is 5.73 Å². The molecule has 0 radical (unpaired) electrons. The lowest BCUT2D eigenvalue weighted by Gasteiger charge is -2.21. The van der Waals surface area contributed by atoms with Crippen LogP contribution in [0.1, 0.15) is 42.1 Å². The van der Waals surface area contributed by atoms with Crippen LogP contribution in [-0.4, -0.2) is 44.7 Å². The summed E-state index contributed by atoms with van der Waals surface area (Å²) in [6, 6.07) is 11.1. The standard InChI is InChI=1S/C28H24FN5O4/c1-3-6-22(35)33-15-5-7-19(33)28-32-24(26-25(27(30)36)31-14-16-34(26)28)17-10-12-18(13-11-17)38-21-9-4-8-20(37-2)23(21)29/h4,8-14,16,19H,5,7,15H2,1-2H3,(H2,30,36)/t19-/m0/s1. The molecule has 0 bridgehead atoms. The summed E-state index contributed by atoms with van der Waals surface area (Å²) in [6.07, 6.45) is 4.67. The van der Waals surface area contributed by atoms with Crippen LogP contribution in [0.4, 0.5) is 4.39 Å². The van der Waals surface area contributed by atoms with Crippen molar-refractivity contribution in [2.45, 2.75) is 25.8 Å². The van der Waals surface area contributed by atoms with E-state index in [4.69, 9.17) is 20.2 Å². The van der Waals surface area contributed by atoms with Gasteiger partial charge < -0.3 is 20.1 Å². The minimum atomic E-state index is -0.701. The van der Waals surface area contributed by atoms with Crippen LogP contribution in [0, 0.1) is 17.7 Å². The molecule has 1 aliphatic rings. The van der Waals surface area contributed by atoms with Gasteiger partial charge in [0, 0.05) is 24.5 Å². The van der Waals surface area contributed by atoms with Gasteiger partial charge >= 0.3 is 0 Å². The van der Waals surface area contributed by atoms with Gasteiger partial charge in [-0.15, -0.1) is 0 Å². The average Bonchev–Trinajstić information content (AvgIpc) is 3.55. The van der Waals surface area contributed by atoms with Crippen LogP contribution in [0.5, 0.6) is 17.2 Å². The number of primary amides is 1. The number of ether oxygens (including phenoxy) is 2. The predicted molar refractivity (Wildman–Crippen MR) is 137 cm³/mol. The Morgan fingerprint density at radius 3 is 2.63 bits per heavy atom. The topological polar surface area (TPSA) is 112 Å². The normalized spacial score (nSPS) is 14.7. The SMILES string of the molecule is CC#CC(=O)N1CCC[C@H]1c1nc(-c2ccc(Oc3cccc(OC)c3F)cc2)c2c(C(N)=O)nccn12. The summed E-state index contributed by atoms with van der Waals surface area (Å²) < 4.78 is 27.0. The Hall–Kier alpha value is -4.91. The van der Waals surface area contributed by atoms with Crippen molar-refractivity contribution in [1.82, 2.24) is 19.3 Å². The number of hydrogen-bond donors (Lipinski definition) is 1. The largest absolute Gasteiger partial charge is 0.494 e. The molecule has 1 aliphatic heterocycles.